The summed E-state index contributed by atoms with van der Waals surface area (Å²) in [5.74, 6) is -2.61. The first-order chi connectivity index (χ1) is 51.4. The molecule has 107 heavy (non-hydrogen) atoms. The van der Waals surface area contributed by atoms with E-state index in [0.717, 1.165) is 0 Å². The summed E-state index contributed by atoms with van der Waals surface area (Å²) in [6.07, 6.45) is -14.2. The number of nitrogens with zero attached hydrogens (tertiary/aromatic N) is 1. The maximum Gasteiger partial charge on any atom is 0.224 e. The van der Waals surface area contributed by atoms with Crippen LogP contribution in [-0.2, 0) is 114 Å². The molecule has 0 spiro atoms. The minimum atomic E-state index is -1.46. The number of carbonyl (C=O) groups is 7. The van der Waals surface area contributed by atoms with Crippen LogP contribution in [0.15, 0.2) is 0 Å². The van der Waals surface area contributed by atoms with Crippen LogP contribution in [-0.4, -0.2) is 401 Å². The van der Waals surface area contributed by atoms with Gasteiger partial charge in [-0.2, -0.15) is 0 Å². The second-order valence-electron chi connectivity index (χ2n) is 26.1. The van der Waals surface area contributed by atoms with E-state index in [1.807, 2.05) is 13.8 Å². The van der Waals surface area contributed by atoms with Gasteiger partial charge in [-0.25, -0.2) is 0 Å². The van der Waals surface area contributed by atoms with Crippen molar-refractivity contribution in [2.45, 2.75) is 177 Å². The number of hydrogen-bond donors (Lipinski definition) is 15. The zero-order chi connectivity index (χ0) is 78.4. The minimum absolute atomic E-state index is 0.0239. The number of carbonyl (C=O) groups excluding carboxylic acids is 7. The monoisotopic (exact) mass is 1550 g/mol. The second-order valence-corrected chi connectivity index (χ2v) is 26.1. The summed E-state index contributed by atoms with van der Waals surface area (Å²) in [6.45, 7) is 8.41. The lowest BCUT2D eigenvalue weighted by molar-refractivity contribution is -0.272. The molecule has 4 heterocycles. The first-order valence-corrected chi connectivity index (χ1v) is 36.5. The van der Waals surface area contributed by atoms with Crippen molar-refractivity contribution in [3.05, 3.63) is 0 Å². The summed E-state index contributed by atoms with van der Waals surface area (Å²) < 4.78 is 97.5. The van der Waals surface area contributed by atoms with Crippen molar-refractivity contribution in [3.8, 4) is 0 Å². The van der Waals surface area contributed by atoms with Crippen LogP contribution in [0.5, 0.6) is 0 Å². The zero-order valence-electron chi connectivity index (χ0n) is 62.2. The van der Waals surface area contributed by atoms with Crippen LogP contribution in [0.1, 0.15) is 73.1 Å². The predicted octanol–water partition coefficient (Wildman–Crippen LogP) is -7.66. The molecule has 0 aromatic rings. The fourth-order valence-electron chi connectivity index (χ4n) is 11.4. The quantitative estimate of drug-likeness (QED) is 0.0252. The number of rotatable bonds is 58. The van der Waals surface area contributed by atoms with E-state index in [-0.39, 0.29) is 233 Å². The molecule has 0 radical (unpaired) electrons. The first kappa shape index (κ1) is 94.6. The molecule has 0 bridgehead atoms. The molecule has 15 N–H and O–H groups in total. The van der Waals surface area contributed by atoms with Gasteiger partial charge in [0.2, 0.25) is 41.4 Å². The predicted molar refractivity (Wildman–Crippen MR) is 368 cm³/mol. The van der Waals surface area contributed by atoms with Gasteiger partial charge in [-0.1, -0.05) is 0 Å². The summed E-state index contributed by atoms with van der Waals surface area (Å²) in [6, 6.07) is -3.29. The first-order valence-electron chi connectivity index (χ1n) is 36.5. The van der Waals surface area contributed by atoms with Gasteiger partial charge >= 0.3 is 0 Å². The third-order valence-corrected chi connectivity index (χ3v) is 16.9. The van der Waals surface area contributed by atoms with Crippen LogP contribution in [0.2, 0.25) is 0 Å². The zero-order valence-corrected chi connectivity index (χ0v) is 62.2. The molecular formula is C67H121N7O33. The van der Waals surface area contributed by atoms with Gasteiger partial charge in [0.15, 0.2) is 18.9 Å². The molecule has 40 heteroatoms. The maximum absolute atomic E-state index is 13.4. The molecule has 15 atom stereocenters. The molecule has 4 fully saturated rings. The summed E-state index contributed by atoms with van der Waals surface area (Å²) in [4.78, 5) is 89.3. The van der Waals surface area contributed by atoms with Crippen molar-refractivity contribution in [3.63, 3.8) is 0 Å². The van der Waals surface area contributed by atoms with Crippen molar-refractivity contribution in [1.82, 2.24) is 36.8 Å². The Morgan fingerprint density at radius 1 is 0.393 bits per heavy atom. The molecular weight excluding hydrogens is 1430 g/mol. The van der Waals surface area contributed by atoms with Gasteiger partial charge in [-0.3, -0.25) is 33.6 Å². The fourth-order valence-corrected chi connectivity index (χ4v) is 11.4. The van der Waals surface area contributed by atoms with Crippen LogP contribution >= 0.6 is 0 Å². The molecule has 15 unspecified atom stereocenters. The number of likely N-dealkylation sites (tertiary alicyclic amines) is 1. The van der Waals surface area contributed by atoms with Gasteiger partial charge in [-0.15, -0.1) is 0 Å². The molecule has 622 valence electrons. The van der Waals surface area contributed by atoms with Crippen LogP contribution in [0.4, 0.5) is 0 Å². The van der Waals surface area contributed by atoms with Gasteiger partial charge < -0.3 is 163 Å². The second kappa shape index (κ2) is 54.8. The standard InChI is InChI=1S/C67H121N7O33/c1-43(2)104-47-6-15-74(16-7-47)54(84)11-20-100-42-67(39-97-17-8-51(81)68-12-21-91-24-27-94-30-33-101-64-55(71-44(3)78)61(88)58(85)48(36-75)105-64,40-98-18-9-52(82)69-13-22-92-25-28-95-31-34-102-65-56(72-45(4)79)62(89)59(86)49(37-76)106-65)41-99-19-10-53(83)70-14-23-93-26-29-96-32-35-103-66-57(73-46(5)80)63(90)60(87)50(38-77)107-66/h43,47-50,55-66,75-77,85-90H,6-42H2,1-5H3,(H,68,81)(H,69,82)(H,70,83)(H,71,78)(H,72,79)(H,73,80). The van der Waals surface area contributed by atoms with E-state index in [9.17, 15) is 79.5 Å². The molecule has 4 rings (SSSR count). The maximum atomic E-state index is 13.4. The van der Waals surface area contributed by atoms with Crippen LogP contribution in [0.3, 0.4) is 0 Å². The van der Waals surface area contributed by atoms with Crippen molar-refractivity contribution >= 4 is 41.4 Å². The normalized spacial score (nSPS) is 26.1. The van der Waals surface area contributed by atoms with Crippen LogP contribution in [0, 0.1) is 5.41 Å². The Bertz CT molecular complexity index is 2250. The number of piperidine rings is 1. The summed E-state index contributed by atoms with van der Waals surface area (Å²) in [7, 11) is 0. The third-order valence-electron chi connectivity index (χ3n) is 16.9. The number of aliphatic hydroxyl groups excluding tert-OH is 9. The highest BCUT2D eigenvalue weighted by atomic mass is 16.7. The van der Waals surface area contributed by atoms with Crippen molar-refractivity contribution in [1.29, 1.82) is 0 Å². The van der Waals surface area contributed by atoms with Gasteiger partial charge in [0.25, 0.3) is 0 Å². The number of hydrogen-bond acceptors (Lipinski definition) is 33. The Morgan fingerprint density at radius 3 is 0.953 bits per heavy atom. The lowest BCUT2D eigenvalue weighted by Crippen LogP contribution is -2.64. The Hall–Kier alpha value is -4.75. The van der Waals surface area contributed by atoms with Gasteiger partial charge in [0, 0.05) is 72.8 Å². The molecule has 4 aliphatic heterocycles. The van der Waals surface area contributed by atoms with E-state index in [1.165, 1.54) is 20.8 Å². The Balaban J connectivity index is 1.26. The lowest BCUT2D eigenvalue weighted by Gasteiger charge is -2.42. The molecule has 7 amide bonds. The highest BCUT2D eigenvalue weighted by molar-refractivity contribution is 5.77. The topological polar surface area (TPSA) is 534 Å². The Morgan fingerprint density at radius 2 is 0.673 bits per heavy atom. The molecule has 4 aliphatic rings. The SMILES string of the molecule is CC(=O)NC1C(OCCOCCOCCNC(=O)CCOCC(COCCC(=O)NCCOCCOCCOC2OC(CO)C(O)C(O)C2NC(C)=O)(COCCC(=O)NCCOCCOCCOC2OC(CO)C(O)C(O)C2NC(C)=O)COCCC(=O)N2CCC(OC(C)C)CC2)OC(CO)C(O)C1O. The minimum Gasteiger partial charge on any atom is -0.394 e. The summed E-state index contributed by atoms with van der Waals surface area (Å²) in [5.41, 5.74) is -1.11. The summed E-state index contributed by atoms with van der Waals surface area (Å²) in [5, 5.41) is 107. The van der Waals surface area contributed by atoms with Crippen LogP contribution in [0.25, 0.3) is 0 Å². The van der Waals surface area contributed by atoms with E-state index < -0.39 is 135 Å². The van der Waals surface area contributed by atoms with Gasteiger partial charge in [0.1, 0.15) is 73.1 Å². The fraction of sp³-hybridized carbons (Fsp3) is 0.896. The third kappa shape index (κ3) is 37.9. The van der Waals surface area contributed by atoms with Crippen molar-refractivity contribution in [2.24, 2.45) is 5.41 Å². The number of aliphatic hydroxyl groups is 9. The van der Waals surface area contributed by atoms with E-state index in [0.29, 0.717) is 25.9 Å². The average Bonchev–Trinajstić information content (AvgIpc) is 0.824. The van der Waals surface area contributed by atoms with E-state index in [2.05, 4.69) is 31.9 Å². The average molecular weight is 1550 g/mol. The Kier molecular flexibility index (Phi) is 48.5. The van der Waals surface area contributed by atoms with E-state index >= 15 is 0 Å². The van der Waals surface area contributed by atoms with Crippen molar-refractivity contribution in [2.75, 3.05) is 205 Å². The van der Waals surface area contributed by atoms with E-state index in [1.54, 1.807) is 4.90 Å². The molecule has 4 saturated heterocycles. The molecule has 0 aliphatic carbocycles. The highest BCUT2D eigenvalue weighted by Crippen LogP contribution is 2.27. The molecule has 0 saturated carbocycles. The van der Waals surface area contributed by atoms with Gasteiger partial charge in [-0.05, 0) is 26.7 Å². The van der Waals surface area contributed by atoms with Gasteiger partial charge in [0.05, 0.1) is 196 Å². The lowest BCUT2D eigenvalue weighted by atomic mass is 9.92. The largest absolute Gasteiger partial charge is 0.394 e. The van der Waals surface area contributed by atoms with E-state index in [4.69, 9.17) is 80.5 Å². The smallest absolute Gasteiger partial charge is 0.224 e. The molecule has 0 aromatic carbocycles. The molecule has 0 aromatic heterocycles. The number of ether oxygens (including phenoxy) is 17. The highest BCUT2D eigenvalue weighted by Gasteiger charge is 2.48. The van der Waals surface area contributed by atoms with Crippen LogP contribution < -0.4 is 31.9 Å². The molecule has 40 nitrogen and oxygen atoms in total. The number of nitrogens with one attached hydrogen (secondary N) is 6. The Labute approximate surface area is 623 Å². The number of amides is 7. The van der Waals surface area contributed by atoms with Crippen molar-refractivity contribution < 1.29 is 160 Å². The summed E-state index contributed by atoms with van der Waals surface area (Å²) >= 11 is 0.